The standard InChI is InChI=1S/C19H21N3O4/c1-11-14-10-13(24-3)6-7-15(14)25-16(11)17(23)21-19(8-4-5-9-19)18-20-12(2)26-22-18/h6-7,10H,4-5,8-9H2,1-3H3,(H,21,23). The first-order valence-corrected chi connectivity index (χ1v) is 8.73. The zero-order valence-electron chi connectivity index (χ0n) is 15.1. The number of ether oxygens (including phenoxy) is 1. The molecule has 1 saturated carbocycles. The van der Waals surface area contributed by atoms with Crippen LogP contribution in [-0.2, 0) is 5.54 Å². The molecule has 2 aromatic heterocycles. The molecule has 0 radical (unpaired) electrons. The molecule has 1 amide bonds. The highest BCUT2D eigenvalue weighted by Crippen LogP contribution is 2.38. The first-order chi connectivity index (χ1) is 12.5. The van der Waals surface area contributed by atoms with Crippen molar-refractivity contribution in [3.63, 3.8) is 0 Å². The van der Waals surface area contributed by atoms with E-state index >= 15 is 0 Å². The molecule has 0 bridgehead atoms. The van der Waals surface area contributed by atoms with Gasteiger partial charge in [0.05, 0.1) is 7.11 Å². The van der Waals surface area contributed by atoms with Gasteiger partial charge in [-0.1, -0.05) is 18.0 Å². The highest BCUT2D eigenvalue weighted by Gasteiger charge is 2.42. The van der Waals surface area contributed by atoms with Crippen LogP contribution < -0.4 is 10.1 Å². The van der Waals surface area contributed by atoms with Crippen molar-refractivity contribution in [2.75, 3.05) is 7.11 Å². The molecule has 4 rings (SSSR count). The molecule has 3 aromatic rings. The van der Waals surface area contributed by atoms with Crippen molar-refractivity contribution in [3.05, 3.63) is 41.2 Å². The first-order valence-electron chi connectivity index (χ1n) is 8.73. The number of fused-ring (bicyclic) bond motifs is 1. The number of nitrogens with zero attached hydrogens (tertiary/aromatic N) is 2. The Balaban J connectivity index is 1.69. The molecule has 1 N–H and O–H groups in total. The van der Waals surface area contributed by atoms with Gasteiger partial charge in [0, 0.05) is 17.9 Å². The van der Waals surface area contributed by atoms with Crippen molar-refractivity contribution in [1.82, 2.24) is 15.5 Å². The van der Waals surface area contributed by atoms with E-state index < -0.39 is 5.54 Å². The summed E-state index contributed by atoms with van der Waals surface area (Å²) in [6, 6.07) is 5.50. The summed E-state index contributed by atoms with van der Waals surface area (Å²) < 4.78 is 16.2. The minimum atomic E-state index is -0.599. The summed E-state index contributed by atoms with van der Waals surface area (Å²) in [5, 5.41) is 8.04. The summed E-state index contributed by atoms with van der Waals surface area (Å²) >= 11 is 0. The second-order valence-electron chi connectivity index (χ2n) is 6.80. The maximum absolute atomic E-state index is 13.0. The van der Waals surface area contributed by atoms with Crippen molar-refractivity contribution in [2.45, 2.75) is 45.1 Å². The van der Waals surface area contributed by atoms with Crippen LogP contribution >= 0.6 is 0 Å². The van der Waals surface area contributed by atoms with Gasteiger partial charge in [-0.25, -0.2) is 0 Å². The Bertz CT molecular complexity index is 966. The van der Waals surface area contributed by atoms with Crippen molar-refractivity contribution in [1.29, 1.82) is 0 Å². The van der Waals surface area contributed by atoms with Gasteiger partial charge in [-0.3, -0.25) is 4.79 Å². The van der Waals surface area contributed by atoms with Gasteiger partial charge >= 0.3 is 0 Å². The van der Waals surface area contributed by atoms with Crippen LogP contribution in [0.5, 0.6) is 5.75 Å². The van der Waals surface area contributed by atoms with E-state index in [1.807, 2.05) is 25.1 Å². The number of furan rings is 1. The van der Waals surface area contributed by atoms with E-state index in [0.29, 0.717) is 23.1 Å². The Morgan fingerprint density at radius 3 is 2.69 bits per heavy atom. The highest BCUT2D eigenvalue weighted by molar-refractivity contribution is 5.99. The normalized spacial score (nSPS) is 16.1. The Morgan fingerprint density at radius 2 is 2.04 bits per heavy atom. The number of amides is 1. The van der Waals surface area contributed by atoms with Gasteiger partial charge < -0.3 is 19.0 Å². The molecule has 0 unspecified atom stereocenters. The molecular weight excluding hydrogens is 334 g/mol. The van der Waals surface area contributed by atoms with E-state index in [9.17, 15) is 4.79 Å². The third-order valence-electron chi connectivity index (χ3n) is 5.12. The number of methoxy groups -OCH3 is 1. The van der Waals surface area contributed by atoms with Crippen LogP contribution in [0.4, 0.5) is 0 Å². The van der Waals surface area contributed by atoms with Crippen LogP contribution in [0.25, 0.3) is 11.0 Å². The third-order valence-corrected chi connectivity index (χ3v) is 5.12. The van der Waals surface area contributed by atoms with E-state index in [-0.39, 0.29) is 5.91 Å². The predicted octanol–water partition coefficient (Wildman–Crippen LogP) is 3.64. The summed E-state index contributed by atoms with van der Waals surface area (Å²) in [4.78, 5) is 17.4. The number of carbonyl (C=O) groups is 1. The number of benzene rings is 1. The average Bonchev–Trinajstić information content (AvgIpc) is 3.35. The van der Waals surface area contributed by atoms with Crippen LogP contribution in [0.2, 0.25) is 0 Å². The molecule has 1 fully saturated rings. The first kappa shape index (κ1) is 16.6. The molecule has 7 nitrogen and oxygen atoms in total. The quantitative estimate of drug-likeness (QED) is 0.768. The second kappa shape index (κ2) is 6.16. The monoisotopic (exact) mass is 355 g/mol. The number of hydrogen-bond donors (Lipinski definition) is 1. The van der Waals surface area contributed by atoms with Crippen molar-refractivity contribution < 1.29 is 18.5 Å². The molecule has 7 heteroatoms. The Morgan fingerprint density at radius 1 is 1.27 bits per heavy atom. The number of aryl methyl sites for hydroxylation is 2. The van der Waals surface area contributed by atoms with E-state index in [1.165, 1.54) is 0 Å². The fourth-order valence-corrected chi connectivity index (χ4v) is 3.69. The summed E-state index contributed by atoms with van der Waals surface area (Å²) in [5.41, 5.74) is 0.843. The molecule has 0 aliphatic heterocycles. The summed E-state index contributed by atoms with van der Waals surface area (Å²) in [7, 11) is 1.61. The fourth-order valence-electron chi connectivity index (χ4n) is 3.69. The Kier molecular flexibility index (Phi) is 3.94. The number of nitrogens with one attached hydrogen (secondary N) is 1. The predicted molar refractivity (Wildman–Crippen MR) is 94.2 cm³/mol. The van der Waals surface area contributed by atoms with Crippen molar-refractivity contribution >= 4 is 16.9 Å². The van der Waals surface area contributed by atoms with Crippen molar-refractivity contribution in [2.24, 2.45) is 0 Å². The molecule has 1 aromatic carbocycles. The number of aromatic nitrogens is 2. The van der Waals surface area contributed by atoms with Crippen LogP contribution in [-0.4, -0.2) is 23.2 Å². The zero-order chi connectivity index (χ0) is 18.3. The van der Waals surface area contributed by atoms with E-state index in [2.05, 4.69) is 15.5 Å². The van der Waals surface area contributed by atoms with Gasteiger partial charge in [0.15, 0.2) is 11.6 Å². The average molecular weight is 355 g/mol. The van der Waals surface area contributed by atoms with Gasteiger partial charge in [-0.05, 0) is 38.0 Å². The molecule has 2 heterocycles. The molecule has 1 aliphatic rings. The minimum Gasteiger partial charge on any atom is -0.497 e. The minimum absolute atomic E-state index is 0.262. The molecule has 136 valence electrons. The van der Waals surface area contributed by atoms with E-state index in [1.54, 1.807) is 14.0 Å². The topological polar surface area (TPSA) is 90.4 Å². The second-order valence-corrected chi connectivity index (χ2v) is 6.80. The fraction of sp³-hybridized carbons (Fsp3) is 0.421. The summed E-state index contributed by atoms with van der Waals surface area (Å²) in [6.45, 7) is 3.62. The summed E-state index contributed by atoms with van der Waals surface area (Å²) in [5.74, 6) is 1.80. The van der Waals surface area contributed by atoms with Crippen LogP contribution in [0, 0.1) is 13.8 Å². The molecule has 0 saturated heterocycles. The molecule has 0 atom stereocenters. The lowest BCUT2D eigenvalue weighted by Crippen LogP contribution is -2.44. The summed E-state index contributed by atoms with van der Waals surface area (Å²) in [6.07, 6.45) is 3.57. The van der Waals surface area contributed by atoms with E-state index in [4.69, 9.17) is 13.7 Å². The molecule has 0 spiro atoms. The smallest absolute Gasteiger partial charge is 0.288 e. The SMILES string of the molecule is COc1ccc2oc(C(=O)NC3(c4noc(C)n4)CCCC3)c(C)c2c1. The van der Waals surface area contributed by atoms with Crippen LogP contribution in [0.15, 0.2) is 27.1 Å². The number of rotatable bonds is 4. The maximum Gasteiger partial charge on any atom is 0.288 e. The third kappa shape index (κ3) is 2.64. The zero-order valence-corrected chi connectivity index (χ0v) is 15.1. The Hall–Kier alpha value is -2.83. The van der Waals surface area contributed by atoms with Gasteiger partial charge in [-0.15, -0.1) is 0 Å². The molecule has 26 heavy (non-hydrogen) atoms. The largest absolute Gasteiger partial charge is 0.497 e. The lowest BCUT2D eigenvalue weighted by atomic mass is 9.96. The number of hydrogen-bond acceptors (Lipinski definition) is 6. The lowest BCUT2D eigenvalue weighted by Gasteiger charge is -2.26. The van der Waals surface area contributed by atoms with Gasteiger partial charge in [0.1, 0.15) is 16.9 Å². The molecule has 1 aliphatic carbocycles. The molecular formula is C19H21N3O4. The van der Waals surface area contributed by atoms with Crippen LogP contribution in [0.1, 0.15) is 53.5 Å². The van der Waals surface area contributed by atoms with Crippen LogP contribution in [0.3, 0.4) is 0 Å². The lowest BCUT2D eigenvalue weighted by molar-refractivity contribution is 0.0864. The van der Waals surface area contributed by atoms with E-state index in [0.717, 1.165) is 42.4 Å². The number of carbonyl (C=O) groups excluding carboxylic acids is 1. The van der Waals surface area contributed by atoms with Crippen molar-refractivity contribution in [3.8, 4) is 5.75 Å². The maximum atomic E-state index is 13.0. The highest BCUT2D eigenvalue weighted by atomic mass is 16.5. The van der Waals surface area contributed by atoms with Gasteiger partial charge in [0.25, 0.3) is 5.91 Å². The van der Waals surface area contributed by atoms with Gasteiger partial charge in [0.2, 0.25) is 5.89 Å². The Labute approximate surface area is 150 Å². The van der Waals surface area contributed by atoms with Gasteiger partial charge in [-0.2, -0.15) is 4.98 Å².